The van der Waals surface area contributed by atoms with Crippen LogP contribution in [0.25, 0.3) is 0 Å². The number of carbonyl (C=O) groups excluding carboxylic acids is 1. The normalized spacial score (nSPS) is 14.3. The summed E-state index contributed by atoms with van der Waals surface area (Å²) in [5.41, 5.74) is 0.379. The minimum absolute atomic E-state index is 0.379. The summed E-state index contributed by atoms with van der Waals surface area (Å²) in [4.78, 5) is 10.8. The van der Waals surface area contributed by atoms with Crippen molar-refractivity contribution in [3.05, 3.63) is 0 Å². The number of carbonyl (C=O) groups is 1. The zero-order valence-corrected chi connectivity index (χ0v) is 9.89. The molecule has 0 aliphatic carbocycles. The van der Waals surface area contributed by atoms with Gasteiger partial charge in [0, 0.05) is 5.54 Å². The predicted octanol–water partition coefficient (Wildman–Crippen LogP) is 3.47. The maximum Gasteiger partial charge on any atom is 0.120 e. The molecule has 12 heavy (non-hydrogen) atoms. The molecule has 0 radical (unpaired) electrons. The highest BCUT2D eigenvalue weighted by Crippen LogP contribution is 2.25. The van der Waals surface area contributed by atoms with E-state index in [0.29, 0.717) is 5.54 Å². The molecule has 0 heterocycles. The van der Waals surface area contributed by atoms with Crippen LogP contribution in [-0.2, 0) is 4.79 Å². The Hall–Kier alpha value is -0.113. The van der Waals surface area contributed by atoms with Gasteiger partial charge >= 0.3 is 0 Å². The lowest BCUT2D eigenvalue weighted by Crippen LogP contribution is -2.29. The first-order valence-corrected chi connectivity index (χ1v) is 8.55. The molecule has 0 aliphatic rings. The Balaban J connectivity index is 3.76. The second-order valence-electron chi connectivity index (χ2n) is 4.60. The zero-order valence-electron chi connectivity index (χ0n) is 8.89. The molecular weight excluding hydrogens is 164 g/mol. The van der Waals surface area contributed by atoms with Crippen molar-refractivity contribution in [3.8, 4) is 0 Å². The summed E-state index contributed by atoms with van der Waals surface area (Å²) >= 11 is 0. The van der Waals surface area contributed by atoms with Gasteiger partial charge in [0.15, 0.2) is 0 Å². The highest BCUT2D eigenvalue weighted by molar-refractivity contribution is 6.79. The van der Waals surface area contributed by atoms with Crippen molar-refractivity contribution in [3.63, 3.8) is 0 Å². The van der Waals surface area contributed by atoms with Gasteiger partial charge in [-0.2, -0.15) is 0 Å². The van der Waals surface area contributed by atoms with Gasteiger partial charge in [0.05, 0.1) is 8.07 Å². The third-order valence-electron chi connectivity index (χ3n) is 2.40. The lowest BCUT2D eigenvalue weighted by atomic mass is 10.2. The van der Waals surface area contributed by atoms with Gasteiger partial charge in [-0.05, 0) is 6.42 Å². The molecule has 0 saturated carbocycles. The van der Waals surface area contributed by atoms with Gasteiger partial charge in [0.1, 0.15) is 6.29 Å². The van der Waals surface area contributed by atoms with Crippen LogP contribution in [0, 0.1) is 0 Å². The lowest BCUT2D eigenvalue weighted by molar-refractivity contribution is -0.108. The molecule has 0 amide bonds. The van der Waals surface area contributed by atoms with E-state index in [9.17, 15) is 4.79 Å². The first-order valence-electron chi connectivity index (χ1n) is 4.97. The Kier molecular flexibility index (Phi) is 5.47. The second kappa shape index (κ2) is 5.52. The summed E-state index contributed by atoms with van der Waals surface area (Å²) in [7, 11) is -1.20. The number of rotatable bonds is 6. The van der Waals surface area contributed by atoms with E-state index in [1.54, 1.807) is 0 Å². The molecule has 1 unspecified atom stereocenters. The van der Waals surface area contributed by atoms with Crippen LogP contribution in [0.1, 0.15) is 32.6 Å². The largest absolute Gasteiger partial charge is 0.303 e. The summed E-state index contributed by atoms with van der Waals surface area (Å²) in [5.74, 6) is 0. The molecule has 2 heteroatoms. The van der Waals surface area contributed by atoms with Crippen molar-refractivity contribution >= 4 is 14.4 Å². The van der Waals surface area contributed by atoms with Gasteiger partial charge in [0.25, 0.3) is 0 Å². The summed E-state index contributed by atoms with van der Waals surface area (Å²) in [6.45, 7) is 9.03. The third-order valence-corrected chi connectivity index (χ3v) is 5.04. The minimum atomic E-state index is -1.20. The molecule has 1 nitrogen and oxygen atoms in total. The van der Waals surface area contributed by atoms with Crippen molar-refractivity contribution in [1.82, 2.24) is 0 Å². The fourth-order valence-corrected chi connectivity index (χ4v) is 2.80. The predicted molar refractivity (Wildman–Crippen MR) is 57.3 cm³/mol. The van der Waals surface area contributed by atoms with E-state index in [1.807, 2.05) is 0 Å². The van der Waals surface area contributed by atoms with E-state index in [1.165, 1.54) is 25.5 Å². The molecule has 0 aliphatic heterocycles. The summed E-state index contributed by atoms with van der Waals surface area (Å²) in [6.07, 6.45) is 6.05. The number of hydrogen-bond acceptors (Lipinski definition) is 1. The molecule has 72 valence electrons. The molecule has 0 rings (SSSR count). The maximum atomic E-state index is 10.8. The molecule has 0 fully saturated rings. The molecule has 0 spiro atoms. The molecule has 0 bridgehead atoms. The Morgan fingerprint density at radius 2 is 1.83 bits per heavy atom. The summed E-state index contributed by atoms with van der Waals surface area (Å²) in [5, 5.41) is 0. The second-order valence-corrected chi connectivity index (χ2v) is 10.1. The van der Waals surface area contributed by atoms with Crippen molar-refractivity contribution < 1.29 is 4.79 Å². The highest BCUT2D eigenvalue weighted by Gasteiger charge is 2.25. The lowest BCUT2D eigenvalue weighted by Gasteiger charge is -2.23. The number of unbranched alkanes of at least 4 members (excludes halogenated alkanes) is 2. The van der Waals surface area contributed by atoms with Crippen molar-refractivity contribution in [2.75, 3.05) is 0 Å². The van der Waals surface area contributed by atoms with Crippen LogP contribution in [0.15, 0.2) is 0 Å². The van der Waals surface area contributed by atoms with E-state index in [0.717, 1.165) is 6.42 Å². The van der Waals surface area contributed by atoms with Crippen molar-refractivity contribution in [2.24, 2.45) is 0 Å². The van der Waals surface area contributed by atoms with Crippen molar-refractivity contribution in [1.29, 1.82) is 0 Å². The van der Waals surface area contributed by atoms with Crippen LogP contribution in [0.5, 0.6) is 0 Å². The molecular formula is C10H22OSi. The third kappa shape index (κ3) is 4.70. The Labute approximate surface area is 77.6 Å². The first kappa shape index (κ1) is 11.9. The molecule has 0 aromatic heterocycles. The molecule has 1 atom stereocenters. The average Bonchev–Trinajstić information content (AvgIpc) is 1.95. The van der Waals surface area contributed by atoms with E-state index >= 15 is 0 Å². The van der Waals surface area contributed by atoms with Crippen LogP contribution >= 0.6 is 0 Å². The highest BCUT2D eigenvalue weighted by atomic mass is 28.3. The Morgan fingerprint density at radius 1 is 1.25 bits per heavy atom. The van der Waals surface area contributed by atoms with E-state index in [-0.39, 0.29) is 0 Å². The quantitative estimate of drug-likeness (QED) is 0.353. The standard InChI is InChI=1S/C10H22OSi/c1-5-6-7-8-10(9-11)12(2,3)4/h9-10H,5-8H2,1-4H3. The van der Waals surface area contributed by atoms with Crippen LogP contribution in [0.3, 0.4) is 0 Å². The van der Waals surface area contributed by atoms with Crippen LogP contribution < -0.4 is 0 Å². The van der Waals surface area contributed by atoms with Gasteiger partial charge < -0.3 is 4.79 Å². The smallest absolute Gasteiger partial charge is 0.120 e. The molecule has 0 aromatic rings. The van der Waals surface area contributed by atoms with Gasteiger partial charge in [0.2, 0.25) is 0 Å². The number of hydrogen-bond donors (Lipinski definition) is 0. The summed E-state index contributed by atoms with van der Waals surface area (Å²) < 4.78 is 0. The fraction of sp³-hybridized carbons (Fsp3) is 0.900. The van der Waals surface area contributed by atoms with Gasteiger partial charge in [-0.15, -0.1) is 0 Å². The van der Waals surface area contributed by atoms with Crippen molar-refractivity contribution in [2.45, 2.75) is 57.8 Å². The molecule has 0 N–H and O–H groups in total. The number of aldehydes is 1. The molecule has 0 aromatic carbocycles. The van der Waals surface area contributed by atoms with E-state index in [4.69, 9.17) is 0 Å². The topological polar surface area (TPSA) is 17.1 Å². The van der Waals surface area contributed by atoms with Gasteiger partial charge in [-0.25, -0.2) is 0 Å². The minimum Gasteiger partial charge on any atom is -0.303 e. The van der Waals surface area contributed by atoms with Gasteiger partial charge in [-0.3, -0.25) is 0 Å². The Morgan fingerprint density at radius 3 is 2.17 bits per heavy atom. The molecule has 0 saturated heterocycles. The van der Waals surface area contributed by atoms with Crippen LogP contribution in [-0.4, -0.2) is 14.4 Å². The SMILES string of the molecule is CCCCCC(C=O)[Si](C)(C)C. The first-order chi connectivity index (χ1) is 5.52. The van der Waals surface area contributed by atoms with Crippen LogP contribution in [0.2, 0.25) is 25.2 Å². The van der Waals surface area contributed by atoms with Gasteiger partial charge in [-0.1, -0.05) is 45.8 Å². The fourth-order valence-electron chi connectivity index (χ4n) is 1.32. The zero-order chi connectivity index (χ0) is 9.61. The van der Waals surface area contributed by atoms with E-state index < -0.39 is 8.07 Å². The van der Waals surface area contributed by atoms with Crippen LogP contribution in [0.4, 0.5) is 0 Å². The average molecular weight is 186 g/mol. The monoisotopic (exact) mass is 186 g/mol. The Bertz CT molecular complexity index is 126. The maximum absolute atomic E-state index is 10.8. The van der Waals surface area contributed by atoms with E-state index in [2.05, 4.69) is 26.6 Å². The summed E-state index contributed by atoms with van der Waals surface area (Å²) in [6, 6.07) is 0.